The summed E-state index contributed by atoms with van der Waals surface area (Å²) in [7, 11) is 1.72. The molecule has 1 heterocycles. The molecule has 1 amide bonds. The van der Waals surface area contributed by atoms with Crippen LogP contribution in [-0.4, -0.2) is 32.7 Å². The lowest BCUT2D eigenvalue weighted by Crippen LogP contribution is -2.31. The zero-order valence-corrected chi connectivity index (χ0v) is 12.1. The van der Waals surface area contributed by atoms with Crippen LogP contribution in [0.4, 0.5) is 0 Å². The quantitative estimate of drug-likeness (QED) is 0.882. The molecule has 2 N–H and O–H groups in total. The summed E-state index contributed by atoms with van der Waals surface area (Å²) >= 11 is 6.09. The van der Waals surface area contributed by atoms with Gasteiger partial charge in [-0.05, 0) is 24.7 Å². The first kappa shape index (κ1) is 15.9. The van der Waals surface area contributed by atoms with Crippen molar-refractivity contribution in [3.63, 3.8) is 0 Å². The van der Waals surface area contributed by atoms with Gasteiger partial charge < -0.3 is 20.1 Å². The SMILES string of the molecule is CNCC(=O)NCc1cc(Cl)c2c(c1)OCCO2.Cl. The van der Waals surface area contributed by atoms with Gasteiger partial charge in [-0.25, -0.2) is 0 Å². The van der Waals surface area contributed by atoms with Crippen molar-refractivity contribution in [2.24, 2.45) is 0 Å². The van der Waals surface area contributed by atoms with Crippen molar-refractivity contribution in [1.82, 2.24) is 10.6 Å². The number of amides is 1. The van der Waals surface area contributed by atoms with E-state index < -0.39 is 0 Å². The number of halogens is 2. The van der Waals surface area contributed by atoms with Crippen molar-refractivity contribution in [3.8, 4) is 11.5 Å². The second kappa shape index (κ2) is 7.43. The smallest absolute Gasteiger partial charge is 0.234 e. The summed E-state index contributed by atoms with van der Waals surface area (Å²) in [5.74, 6) is 1.14. The molecule has 1 aromatic carbocycles. The van der Waals surface area contributed by atoms with Gasteiger partial charge in [0.05, 0.1) is 11.6 Å². The zero-order chi connectivity index (χ0) is 13.0. The lowest BCUT2D eigenvalue weighted by molar-refractivity contribution is -0.120. The predicted molar refractivity (Wildman–Crippen MR) is 75.5 cm³/mol. The van der Waals surface area contributed by atoms with Gasteiger partial charge in [-0.2, -0.15) is 0 Å². The number of carbonyl (C=O) groups excluding carboxylic acids is 1. The van der Waals surface area contributed by atoms with E-state index in [2.05, 4.69) is 10.6 Å². The van der Waals surface area contributed by atoms with Crippen LogP contribution >= 0.6 is 24.0 Å². The Hall–Kier alpha value is -1.17. The fourth-order valence-corrected chi connectivity index (χ4v) is 1.98. The summed E-state index contributed by atoms with van der Waals surface area (Å²) < 4.78 is 10.9. The largest absolute Gasteiger partial charge is 0.486 e. The maximum atomic E-state index is 11.3. The standard InChI is InChI=1S/C12H15ClN2O3.ClH/c1-14-7-11(16)15-6-8-4-9(13)12-10(5-8)17-2-3-18-12;/h4-5,14H,2-3,6-7H2,1H3,(H,15,16);1H. The fraction of sp³-hybridized carbons (Fsp3) is 0.417. The lowest BCUT2D eigenvalue weighted by atomic mass is 10.2. The molecule has 5 nitrogen and oxygen atoms in total. The lowest BCUT2D eigenvalue weighted by Gasteiger charge is -2.20. The first-order valence-electron chi connectivity index (χ1n) is 5.70. The van der Waals surface area contributed by atoms with Crippen molar-refractivity contribution in [3.05, 3.63) is 22.7 Å². The van der Waals surface area contributed by atoms with Gasteiger partial charge in [-0.1, -0.05) is 11.6 Å². The first-order chi connectivity index (χ1) is 8.70. The second-order valence-corrected chi connectivity index (χ2v) is 4.32. The average molecular weight is 307 g/mol. The third kappa shape index (κ3) is 4.16. The van der Waals surface area contributed by atoms with Crippen molar-refractivity contribution in [1.29, 1.82) is 0 Å². The molecule has 0 aliphatic carbocycles. The Morgan fingerprint density at radius 2 is 2.11 bits per heavy atom. The van der Waals surface area contributed by atoms with Gasteiger partial charge in [0.1, 0.15) is 13.2 Å². The van der Waals surface area contributed by atoms with Crippen LogP contribution in [0.5, 0.6) is 11.5 Å². The van der Waals surface area contributed by atoms with E-state index in [1.165, 1.54) is 0 Å². The molecular formula is C12H16Cl2N2O3. The second-order valence-electron chi connectivity index (χ2n) is 3.91. The molecular weight excluding hydrogens is 291 g/mol. The molecule has 106 valence electrons. The number of hydrogen-bond acceptors (Lipinski definition) is 4. The first-order valence-corrected chi connectivity index (χ1v) is 6.08. The molecule has 0 radical (unpaired) electrons. The van der Waals surface area contributed by atoms with E-state index in [-0.39, 0.29) is 24.9 Å². The van der Waals surface area contributed by atoms with E-state index in [4.69, 9.17) is 21.1 Å². The summed E-state index contributed by atoms with van der Waals surface area (Å²) in [4.78, 5) is 11.3. The molecule has 0 atom stereocenters. The molecule has 19 heavy (non-hydrogen) atoms. The normalized spacial score (nSPS) is 12.5. The highest BCUT2D eigenvalue weighted by Gasteiger charge is 2.16. The highest BCUT2D eigenvalue weighted by molar-refractivity contribution is 6.32. The van der Waals surface area contributed by atoms with Gasteiger partial charge in [-0.15, -0.1) is 12.4 Å². The third-order valence-corrected chi connectivity index (χ3v) is 2.76. The van der Waals surface area contributed by atoms with Crippen LogP contribution in [0.1, 0.15) is 5.56 Å². The van der Waals surface area contributed by atoms with E-state index >= 15 is 0 Å². The van der Waals surface area contributed by atoms with E-state index in [1.807, 2.05) is 6.07 Å². The van der Waals surface area contributed by atoms with E-state index in [9.17, 15) is 4.79 Å². The Morgan fingerprint density at radius 3 is 2.84 bits per heavy atom. The van der Waals surface area contributed by atoms with Crippen molar-refractivity contribution < 1.29 is 14.3 Å². The number of benzene rings is 1. The number of hydrogen-bond donors (Lipinski definition) is 2. The van der Waals surface area contributed by atoms with Crippen LogP contribution in [0.3, 0.4) is 0 Å². The van der Waals surface area contributed by atoms with Gasteiger partial charge in [0.25, 0.3) is 0 Å². The molecule has 0 saturated carbocycles. The Balaban J connectivity index is 0.00000180. The molecule has 0 aromatic heterocycles. The minimum absolute atomic E-state index is 0. The molecule has 1 aliphatic heterocycles. The maximum absolute atomic E-state index is 11.3. The van der Waals surface area contributed by atoms with Crippen LogP contribution < -0.4 is 20.1 Å². The van der Waals surface area contributed by atoms with Gasteiger partial charge in [0, 0.05) is 6.54 Å². The Bertz CT molecular complexity index is 455. The minimum atomic E-state index is -0.0662. The summed E-state index contributed by atoms with van der Waals surface area (Å²) in [6.45, 7) is 1.72. The number of rotatable bonds is 4. The number of nitrogens with one attached hydrogen (secondary N) is 2. The van der Waals surface area contributed by atoms with Crippen molar-refractivity contribution in [2.75, 3.05) is 26.8 Å². The van der Waals surface area contributed by atoms with E-state index in [1.54, 1.807) is 13.1 Å². The number of carbonyl (C=O) groups is 1. The predicted octanol–water partition coefficient (Wildman–Crippen LogP) is 1.37. The van der Waals surface area contributed by atoms with Crippen LogP contribution in [0.15, 0.2) is 12.1 Å². The molecule has 0 unspecified atom stereocenters. The molecule has 1 aliphatic rings. The molecule has 0 bridgehead atoms. The van der Waals surface area contributed by atoms with Crippen LogP contribution in [0.2, 0.25) is 5.02 Å². The number of likely N-dealkylation sites (N-methyl/N-ethyl adjacent to an activating group) is 1. The molecule has 0 fully saturated rings. The molecule has 1 aromatic rings. The highest BCUT2D eigenvalue weighted by atomic mass is 35.5. The average Bonchev–Trinajstić information content (AvgIpc) is 2.37. The molecule has 7 heteroatoms. The number of fused-ring (bicyclic) bond motifs is 1. The van der Waals surface area contributed by atoms with Crippen molar-refractivity contribution in [2.45, 2.75) is 6.54 Å². The van der Waals surface area contributed by atoms with Gasteiger partial charge >= 0.3 is 0 Å². The molecule has 0 spiro atoms. The van der Waals surface area contributed by atoms with Gasteiger partial charge in [0.15, 0.2) is 11.5 Å². The molecule has 2 rings (SSSR count). The fourth-order valence-electron chi connectivity index (χ4n) is 1.69. The van der Waals surface area contributed by atoms with Crippen LogP contribution in [0, 0.1) is 0 Å². The summed E-state index contributed by atoms with van der Waals surface area (Å²) in [5.41, 5.74) is 0.883. The summed E-state index contributed by atoms with van der Waals surface area (Å²) in [5, 5.41) is 6.06. The van der Waals surface area contributed by atoms with Crippen LogP contribution in [-0.2, 0) is 11.3 Å². The number of ether oxygens (including phenoxy) is 2. The van der Waals surface area contributed by atoms with E-state index in [0.717, 1.165) is 5.56 Å². The zero-order valence-electron chi connectivity index (χ0n) is 10.5. The maximum Gasteiger partial charge on any atom is 0.234 e. The van der Waals surface area contributed by atoms with Crippen LogP contribution in [0.25, 0.3) is 0 Å². The van der Waals surface area contributed by atoms with E-state index in [0.29, 0.717) is 36.3 Å². The highest BCUT2D eigenvalue weighted by Crippen LogP contribution is 2.38. The van der Waals surface area contributed by atoms with Gasteiger partial charge in [-0.3, -0.25) is 4.79 Å². The molecule has 0 saturated heterocycles. The Labute approximate surface area is 123 Å². The Kier molecular flexibility index (Phi) is 6.21. The van der Waals surface area contributed by atoms with Crippen molar-refractivity contribution >= 4 is 29.9 Å². The topological polar surface area (TPSA) is 59.6 Å². The minimum Gasteiger partial charge on any atom is -0.486 e. The monoisotopic (exact) mass is 306 g/mol. The summed E-state index contributed by atoms with van der Waals surface area (Å²) in [6.07, 6.45) is 0. The summed E-state index contributed by atoms with van der Waals surface area (Å²) in [6, 6.07) is 3.61. The third-order valence-electron chi connectivity index (χ3n) is 2.48. The van der Waals surface area contributed by atoms with Gasteiger partial charge in [0.2, 0.25) is 5.91 Å². The Morgan fingerprint density at radius 1 is 1.37 bits per heavy atom.